The maximum Gasteiger partial charge on any atom is 0.319 e. The summed E-state index contributed by atoms with van der Waals surface area (Å²) in [6.07, 6.45) is 1.36. The van der Waals surface area contributed by atoms with Crippen LogP contribution in [0.15, 0.2) is 72.3 Å². The number of nitrogens with one attached hydrogen (secondary N) is 1. The van der Waals surface area contributed by atoms with Crippen LogP contribution < -0.4 is 15.8 Å². The Hall–Kier alpha value is -4.11. The van der Waals surface area contributed by atoms with Gasteiger partial charge >= 0.3 is 6.03 Å². The van der Waals surface area contributed by atoms with Crippen LogP contribution in [0.1, 0.15) is 11.1 Å². The van der Waals surface area contributed by atoms with Gasteiger partial charge in [0.25, 0.3) is 5.91 Å². The minimum Gasteiger partial charge on any atom is -0.488 e. The molecule has 0 fully saturated rings. The molecule has 0 atom stereocenters. The summed E-state index contributed by atoms with van der Waals surface area (Å²) >= 11 is 0. The van der Waals surface area contributed by atoms with E-state index >= 15 is 0 Å². The van der Waals surface area contributed by atoms with E-state index in [2.05, 4.69) is 0 Å². The summed E-state index contributed by atoms with van der Waals surface area (Å²) < 4.78 is 5.96. The van der Waals surface area contributed by atoms with Crippen LogP contribution in [0.4, 0.5) is 4.79 Å². The van der Waals surface area contributed by atoms with E-state index in [1.54, 1.807) is 30.3 Å². The number of carbonyl (C=O) groups excluding carboxylic acids is 2. The number of fused-ring (bicyclic) bond motifs is 1. The van der Waals surface area contributed by atoms with Gasteiger partial charge in [0.2, 0.25) is 0 Å². The Morgan fingerprint density at radius 2 is 1.75 bits per heavy atom. The fraction of sp³-hybridized carbons (Fsp3) is 0.0455. The molecule has 0 aliphatic rings. The summed E-state index contributed by atoms with van der Waals surface area (Å²) in [6.45, 7) is 0.321. The second-order valence-corrected chi connectivity index (χ2v) is 5.95. The van der Waals surface area contributed by atoms with Gasteiger partial charge in [-0.25, -0.2) is 4.79 Å². The molecular formula is C22H17N3O3. The number of carbonyl (C=O) groups is 2. The van der Waals surface area contributed by atoms with E-state index in [-0.39, 0.29) is 5.57 Å². The largest absolute Gasteiger partial charge is 0.488 e. The third-order valence-corrected chi connectivity index (χ3v) is 4.08. The quantitative estimate of drug-likeness (QED) is 0.529. The molecule has 0 spiro atoms. The van der Waals surface area contributed by atoms with Crippen molar-refractivity contribution in [2.24, 2.45) is 5.73 Å². The fourth-order valence-electron chi connectivity index (χ4n) is 2.79. The molecule has 3 amide bonds. The number of imide groups is 1. The molecule has 3 rings (SSSR count). The molecule has 0 saturated carbocycles. The van der Waals surface area contributed by atoms with Crippen molar-refractivity contribution in [2.45, 2.75) is 6.61 Å². The van der Waals surface area contributed by atoms with E-state index in [9.17, 15) is 14.9 Å². The summed E-state index contributed by atoms with van der Waals surface area (Å²) in [7, 11) is 0. The van der Waals surface area contributed by atoms with Gasteiger partial charge in [0.1, 0.15) is 24.0 Å². The Morgan fingerprint density at radius 3 is 2.54 bits per heavy atom. The van der Waals surface area contributed by atoms with Gasteiger partial charge in [-0.2, -0.15) is 5.26 Å². The smallest absolute Gasteiger partial charge is 0.319 e. The second kappa shape index (κ2) is 8.52. The van der Waals surface area contributed by atoms with E-state index in [1.807, 2.05) is 47.8 Å². The summed E-state index contributed by atoms with van der Waals surface area (Å²) in [6, 6.07) is 21.8. The van der Waals surface area contributed by atoms with E-state index in [0.29, 0.717) is 17.9 Å². The number of ether oxygens (including phenoxy) is 1. The summed E-state index contributed by atoms with van der Waals surface area (Å²) in [5, 5.41) is 13.3. The van der Waals surface area contributed by atoms with Crippen molar-refractivity contribution in [1.29, 1.82) is 5.26 Å². The molecule has 0 bridgehead atoms. The molecule has 0 unspecified atom stereocenters. The highest BCUT2D eigenvalue weighted by Gasteiger charge is 2.12. The van der Waals surface area contributed by atoms with Crippen molar-refractivity contribution < 1.29 is 14.3 Å². The van der Waals surface area contributed by atoms with E-state index in [4.69, 9.17) is 10.5 Å². The number of rotatable bonds is 5. The van der Waals surface area contributed by atoms with Crippen molar-refractivity contribution in [3.05, 3.63) is 83.4 Å². The molecule has 28 heavy (non-hydrogen) atoms. The highest BCUT2D eigenvalue weighted by molar-refractivity contribution is 6.08. The molecule has 6 heteroatoms. The second-order valence-electron chi connectivity index (χ2n) is 5.95. The first kappa shape index (κ1) is 18.7. The zero-order valence-electron chi connectivity index (χ0n) is 14.9. The van der Waals surface area contributed by atoms with Crippen LogP contribution in [0.25, 0.3) is 16.8 Å². The van der Waals surface area contributed by atoms with E-state index in [0.717, 1.165) is 16.3 Å². The number of benzene rings is 3. The van der Waals surface area contributed by atoms with Crippen LogP contribution in [0.2, 0.25) is 0 Å². The lowest BCUT2D eigenvalue weighted by Crippen LogP contribution is -2.35. The molecule has 6 nitrogen and oxygen atoms in total. The van der Waals surface area contributed by atoms with E-state index < -0.39 is 11.9 Å². The number of amides is 3. The number of para-hydroxylation sites is 1. The number of hydrogen-bond donors (Lipinski definition) is 2. The average Bonchev–Trinajstić information content (AvgIpc) is 2.70. The minimum absolute atomic E-state index is 0.250. The lowest BCUT2D eigenvalue weighted by Gasteiger charge is -2.11. The minimum atomic E-state index is -1.02. The van der Waals surface area contributed by atoms with Crippen molar-refractivity contribution in [2.75, 3.05) is 0 Å². The van der Waals surface area contributed by atoms with Gasteiger partial charge in [-0.3, -0.25) is 10.1 Å². The van der Waals surface area contributed by atoms with Crippen LogP contribution >= 0.6 is 0 Å². The van der Waals surface area contributed by atoms with Gasteiger partial charge in [-0.15, -0.1) is 0 Å². The van der Waals surface area contributed by atoms with Crippen LogP contribution in [0.5, 0.6) is 5.75 Å². The Kier molecular flexibility index (Phi) is 5.68. The number of hydrogen-bond acceptors (Lipinski definition) is 4. The van der Waals surface area contributed by atoms with Gasteiger partial charge in [0, 0.05) is 5.56 Å². The Labute approximate surface area is 161 Å². The maximum absolute atomic E-state index is 11.9. The zero-order valence-corrected chi connectivity index (χ0v) is 14.9. The molecule has 3 aromatic carbocycles. The summed E-state index contributed by atoms with van der Waals surface area (Å²) in [5.41, 5.74) is 6.24. The topological polar surface area (TPSA) is 105 Å². The molecule has 0 saturated heterocycles. The van der Waals surface area contributed by atoms with Gasteiger partial charge in [-0.1, -0.05) is 60.7 Å². The molecular weight excluding hydrogens is 354 g/mol. The number of nitrogens with two attached hydrogens (primary N) is 1. The van der Waals surface area contributed by atoms with Crippen molar-refractivity contribution in [1.82, 2.24) is 5.32 Å². The molecule has 138 valence electrons. The lowest BCUT2D eigenvalue weighted by molar-refractivity contribution is -0.115. The summed E-state index contributed by atoms with van der Waals surface area (Å²) in [4.78, 5) is 22.7. The lowest BCUT2D eigenvalue weighted by atomic mass is 10.1. The maximum atomic E-state index is 11.9. The van der Waals surface area contributed by atoms with Crippen LogP contribution in [-0.2, 0) is 11.4 Å². The van der Waals surface area contributed by atoms with Crippen molar-refractivity contribution in [3.8, 4) is 11.8 Å². The molecule has 0 heterocycles. The van der Waals surface area contributed by atoms with Crippen LogP contribution in [0.3, 0.4) is 0 Å². The van der Waals surface area contributed by atoms with Gasteiger partial charge in [-0.05, 0) is 28.5 Å². The fourth-order valence-corrected chi connectivity index (χ4v) is 2.79. The number of urea groups is 1. The molecule has 3 aromatic rings. The Morgan fingerprint density at radius 1 is 1.04 bits per heavy atom. The van der Waals surface area contributed by atoms with Gasteiger partial charge in [0.15, 0.2) is 0 Å². The summed E-state index contributed by atoms with van der Waals surface area (Å²) in [5.74, 6) is -0.353. The highest BCUT2D eigenvalue weighted by Crippen LogP contribution is 2.24. The predicted molar refractivity (Wildman–Crippen MR) is 106 cm³/mol. The SMILES string of the molecule is N#C/C(=C/c1ccccc1OCc1cccc2ccccc12)C(=O)NC(N)=O. The number of primary amides is 1. The normalized spacial score (nSPS) is 10.9. The molecule has 0 radical (unpaired) electrons. The first-order chi connectivity index (χ1) is 13.6. The highest BCUT2D eigenvalue weighted by atomic mass is 16.5. The molecule has 0 aliphatic carbocycles. The Bertz CT molecular complexity index is 1110. The number of nitriles is 1. The first-order valence-corrected chi connectivity index (χ1v) is 8.49. The standard InChI is InChI=1S/C22H17N3O3/c23-13-18(21(26)25-22(24)27)12-16-7-2-4-11-20(16)28-14-17-9-5-8-15-6-1-3-10-19(15)17/h1-12H,14H2,(H3,24,25,26,27)/b18-12-. The third-order valence-electron chi connectivity index (χ3n) is 4.08. The van der Waals surface area contributed by atoms with Crippen LogP contribution in [0, 0.1) is 11.3 Å². The zero-order chi connectivity index (χ0) is 19.9. The average molecular weight is 371 g/mol. The van der Waals surface area contributed by atoms with Crippen LogP contribution in [-0.4, -0.2) is 11.9 Å². The first-order valence-electron chi connectivity index (χ1n) is 8.49. The van der Waals surface area contributed by atoms with Gasteiger partial charge in [0.05, 0.1) is 0 Å². The molecule has 0 aliphatic heterocycles. The third kappa shape index (κ3) is 4.34. The monoisotopic (exact) mass is 371 g/mol. The van der Waals surface area contributed by atoms with Gasteiger partial charge < -0.3 is 10.5 Å². The predicted octanol–water partition coefficient (Wildman–Crippen LogP) is 3.52. The van der Waals surface area contributed by atoms with Crippen molar-refractivity contribution in [3.63, 3.8) is 0 Å². The number of nitrogens with zero attached hydrogens (tertiary/aromatic N) is 1. The molecule has 0 aromatic heterocycles. The van der Waals surface area contributed by atoms with Crippen molar-refractivity contribution >= 4 is 28.8 Å². The van der Waals surface area contributed by atoms with E-state index in [1.165, 1.54) is 6.08 Å². The Balaban J connectivity index is 1.86. The molecule has 3 N–H and O–H groups in total.